The van der Waals surface area contributed by atoms with Crippen LogP contribution in [0, 0.1) is 13.8 Å². The Kier molecular flexibility index (Phi) is 5.81. The van der Waals surface area contributed by atoms with Crippen molar-refractivity contribution in [3.63, 3.8) is 0 Å². The van der Waals surface area contributed by atoms with E-state index < -0.39 is 0 Å². The van der Waals surface area contributed by atoms with Gasteiger partial charge in [0.15, 0.2) is 5.11 Å². The summed E-state index contributed by atoms with van der Waals surface area (Å²) in [6, 6.07) is 15.4. The first-order valence-electron chi connectivity index (χ1n) is 8.05. The second-order valence-corrected chi connectivity index (χ2v) is 7.12. The second-order valence-electron chi connectivity index (χ2n) is 5.90. The zero-order valence-corrected chi connectivity index (χ0v) is 16.7. The number of nitrogens with one attached hydrogen (secondary N) is 2. The van der Waals surface area contributed by atoms with Crippen LogP contribution in [-0.4, -0.2) is 14.9 Å². The molecule has 0 aliphatic carbocycles. The van der Waals surface area contributed by atoms with Crippen LogP contribution in [0.25, 0.3) is 0 Å². The average Bonchev–Trinajstić information content (AvgIpc) is 2.86. The fourth-order valence-corrected chi connectivity index (χ4v) is 3.18. The van der Waals surface area contributed by atoms with E-state index in [0.717, 1.165) is 28.3 Å². The summed E-state index contributed by atoms with van der Waals surface area (Å²) in [5.41, 5.74) is 4.73. The molecular weight excluding hydrogens is 387 g/mol. The first-order valence-corrected chi connectivity index (χ1v) is 9.21. The zero-order chi connectivity index (χ0) is 18.7. The van der Waals surface area contributed by atoms with Gasteiger partial charge in [0.25, 0.3) is 0 Å². The van der Waals surface area contributed by atoms with Crippen LogP contribution in [0.1, 0.15) is 17.0 Å². The van der Waals surface area contributed by atoms with Crippen LogP contribution in [0.4, 0.5) is 11.4 Å². The minimum Gasteiger partial charge on any atom is -0.332 e. The number of nitrogens with zero attached hydrogens (tertiary/aromatic N) is 2. The predicted octanol–water partition coefficient (Wildman–Crippen LogP) is 5.66. The molecule has 2 aromatic carbocycles. The van der Waals surface area contributed by atoms with Crippen molar-refractivity contribution in [2.75, 3.05) is 10.6 Å². The molecule has 7 heteroatoms. The SMILES string of the molecule is Cc1nn(Cc2ccc(Cl)c(Cl)c2)c(C)c1NC(=S)Nc1ccccc1. The summed E-state index contributed by atoms with van der Waals surface area (Å²) < 4.78 is 1.92. The molecule has 0 fully saturated rings. The minimum atomic E-state index is 0.525. The van der Waals surface area contributed by atoms with E-state index in [1.54, 1.807) is 6.07 Å². The molecule has 1 aromatic heterocycles. The molecule has 134 valence electrons. The van der Waals surface area contributed by atoms with Crippen LogP contribution in [0.15, 0.2) is 48.5 Å². The molecule has 3 rings (SSSR count). The number of halogens is 2. The third kappa shape index (κ3) is 4.36. The van der Waals surface area contributed by atoms with Crippen molar-refractivity contribution in [2.45, 2.75) is 20.4 Å². The molecule has 0 saturated heterocycles. The molecular formula is C19H18Cl2N4S. The van der Waals surface area contributed by atoms with Gasteiger partial charge in [-0.3, -0.25) is 4.68 Å². The van der Waals surface area contributed by atoms with Gasteiger partial charge in [-0.05, 0) is 55.9 Å². The number of thiocarbonyl (C=S) groups is 1. The Morgan fingerprint density at radius 3 is 2.46 bits per heavy atom. The first kappa shape index (κ1) is 18.7. The summed E-state index contributed by atoms with van der Waals surface area (Å²) in [4.78, 5) is 0. The molecule has 0 amide bonds. The van der Waals surface area contributed by atoms with Gasteiger partial charge >= 0.3 is 0 Å². The lowest BCUT2D eigenvalue weighted by molar-refractivity contribution is 0.659. The van der Waals surface area contributed by atoms with E-state index in [9.17, 15) is 0 Å². The van der Waals surface area contributed by atoms with Crippen LogP contribution in [0.5, 0.6) is 0 Å². The number of anilines is 2. The Morgan fingerprint density at radius 1 is 1.04 bits per heavy atom. The fraction of sp³-hybridized carbons (Fsp3) is 0.158. The highest BCUT2D eigenvalue weighted by Gasteiger charge is 2.13. The molecule has 0 aliphatic heterocycles. The Balaban J connectivity index is 1.75. The van der Waals surface area contributed by atoms with Crippen molar-refractivity contribution >= 4 is 51.9 Å². The number of rotatable bonds is 4. The number of benzene rings is 2. The summed E-state index contributed by atoms with van der Waals surface area (Å²) in [5.74, 6) is 0. The third-order valence-electron chi connectivity index (χ3n) is 3.97. The molecule has 0 spiro atoms. The van der Waals surface area contributed by atoms with E-state index in [0.29, 0.717) is 21.7 Å². The Hall–Kier alpha value is -2.08. The molecule has 2 N–H and O–H groups in total. The van der Waals surface area contributed by atoms with Gasteiger partial charge in [-0.15, -0.1) is 0 Å². The highest BCUT2D eigenvalue weighted by atomic mass is 35.5. The van der Waals surface area contributed by atoms with E-state index in [2.05, 4.69) is 15.7 Å². The summed E-state index contributed by atoms with van der Waals surface area (Å²) in [7, 11) is 0. The quantitative estimate of drug-likeness (QED) is 0.550. The number of para-hydroxylation sites is 1. The van der Waals surface area contributed by atoms with E-state index >= 15 is 0 Å². The predicted molar refractivity (Wildman–Crippen MR) is 114 cm³/mol. The van der Waals surface area contributed by atoms with E-state index in [1.165, 1.54) is 0 Å². The lowest BCUT2D eigenvalue weighted by Gasteiger charge is -2.11. The van der Waals surface area contributed by atoms with E-state index in [1.807, 2.05) is 61.0 Å². The van der Waals surface area contributed by atoms with Crippen molar-refractivity contribution in [1.82, 2.24) is 9.78 Å². The molecule has 1 heterocycles. The van der Waals surface area contributed by atoms with Gasteiger partial charge in [-0.25, -0.2) is 0 Å². The number of aryl methyl sites for hydroxylation is 1. The molecule has 0 aliphatic rings. The van der Waals surface area contributed by atoms with Gasteiger partial charge in [-0.2, -0.15) is 5.10 Å². The first-order chi connectivity index (χ1) is 12.4. The highest BCUT2D eigenvalue weighted by Crippen LogP contribution is 2.25. The monoisotopic (exact) mass is 404 g/mol. The molecule has 4 nitrogen and oxygen atoms in total. The molecule has 0 saturated carbocycles. The maximum atomic E-state index is 6.10. The number of hydrogen-bond donors (Lipinski definition) is 2. The number of aromatic nitrogens is 2. The lowest BCUT2D eigenvalue weighted by Crippen LogP contribution is -2.19. The van der Waals surface area contributed by atoms with Gasteiger partial charge in [0.2, 0.25) is 0 Å². The second kappa shape index (κ2) is 8.08. The molecule has 3 aromatic rings. The van der Waals surface area contributed by atoms with Crippen LogP contribution in [-0.2, 0) is 6.54 Å². The van der Waals surface area contributed by atoms with Crippen molar-refractivity contribution in [2.24, 2.45) is 0 Å². The van der Waals surface area contributed by atoms with Gasteiger partial charge in [0, 0.05) is 5.69 Å². The van der Waals surface area contributed by atoms with Gasteiger partial charge in [0.05, 0.1) is 33.7 Å². The zero-order valence-electron chi connectivity index (χ0n) is 14.4. The van der Waals surface area contributed by atoms with Crippen molar-refractivity contribution in [1.29, 1.82) is 0 Å². The lowest BCUT2D eigenvalue weighted by atomic mass is 10.2. The summed E-state index contributed by atoms with van der Waals surface area (Å²) in [5, 5.41) is 12.6. The topological polar surface area (TPSA) is 41.9 Å². The largest absolute Gasteiger partial charge is 0.332 e. The fourth-order valence-electron chi connectivity index (χ4n) is 2.64. The molecule has 0 radical (unpaired) electrons. The standard InChI is InChI=1S/C19H18Cl2N4S/c1-12-18(23-19(26)22-15-6-4-3-5-7-15)13(2)25(24-12)11-14-8-9-16(20)17(21)10-14/h3-10H,11H2,1-2H3,(H2,22,23,26). The van der Waals surface area contributed by atoms with Crippen LogP contribution >= 0.6 is 35.4 Å². The minimum absolute atomic E-state index is 0.525. The van der Waals surface area contributed by atoms with Gasteiger partial charge < -0.3 is 10.6 Å². The maximum Gasteiger partial charge on any atom is 0.175 e. The van der Waals surface area contributed by atoms with Crippen molar-refractivity contribution in [3.8, 4) is 0 Å². The Bertz CT molecular complexity index is 938. The Morgan fingerprint density at radius 2 is 1.77 bits per heavy atom. The highest BCUT2D eigenvalue weighted by molar-refractivity contribution is 7.80. The summed E-state index contributed by atoms with van der Waals surface area (Å²) >= 11 is 17.5. The maximum absolute atomic E-state index is 6.10. The van der Waals surface area contributed by atoms with Gasteiger partial charge in [-0.1, -0.05) is 47.5 Å². The smallest absolute Gasteiger partial charge is 0.175 e. The van der Waals surface area contributed by atoms with E-state index in [-0.39, 0.29) is 0 Å². The van der Waals surface area contributed by atoms with Crippen molar-refractivity contribution in [3.05, 3.63) is 75.5 Å². The van der Waals surface area contributed by atoms with Gasteiger partial charge in [0.1, 0.15) is 0 Å². The van der Waals surface area contributed by atoms with Crippen molar-refractivity contribution < 1.29 is 0 Å². The normalized spacial score (nSPS) is 10.6. The molecule has 0 atom stereocenters. The third-order valence-corrected chi connectivity index (χ3v) is 4.91. The Labute approximate surface area is 168 Å². The van der Waals surface area contributed by atoms with Crippen LogP contribution < -0.4 is 10.6 Å². The summed E-state index contributed by atoms with van der Waals surface area (Å²) in [6.45, 7) is 4.56. The van der Waals surface area contributed by atoms with Crippen LogP contribution in [0.3, 0.4) is 0 Å². The molecule has 26 heavy (non-hydrogen) atoms. The van der Waals surface area contributed by atoms with E-state index in [4.69, 9.17) is 35.4 Å². The molecule has 0 bridgehead atoms. The van der Waals surface area contributed by atoms with Crippen LogP contribution in [0.2, 0.25) is 10.0 Å². The molecule has 0 unspecified atom stereocenters. The average molecular weight is 405 g/mol. The number of hydrogen-bond acceptors (Lipinski definition) is 2. The summed E-state index contributed by atoms with van der Waals surface area (Å²) in [6.07, 6.45) is 0.